The molecule has 2 aromatic carbocycles. The zero-order valence-electron chi connectivity index (χ0n) is 15.7. The molecule has 0 saturated carbocycles. The second-order valence-electron chi connectivity index (χ2n) is 6.97. The number of rotatable bonds is 4. The van der Waals surface area contributed by atoms with Crippen molar-refractivity contribution in [2.24, 2.45) is 0 Å². The largest absolute Gasteiger partial charge is 0.445 e. The van der Waals surface area contributed by atoms with E-state index in [1.807, 2.05) is 30.3 Å². The summed E-state index contributed by atoms with van der Waals surface area (Å²) >= 11 is 0. The van der Waals surface area contributed by atoms with E-state index >= 15 is 0 Å². The first-order valence-corrected chi connectivity index (χ1v) is 9.10. The van der Waals surface area contributed by atoms with Gasteiger partial charge in [-0.25, -0.2) is 4.79 Å². The van der Waals surface area contributed by atoms with E-state index in [4.69, 9.17) is 10.5 Å². The van der Waals surface area contributed by atoms with Gasteiger partial charge in [-0.05, 0) is 49.6 Å². The summed E-state index contributed by atoms with van der Waals surface area (Å²) in [6.45, 7) is 2.17. The molecule has 0 aliphatic carbocycles. The van der Waals surface area contributed by atoms with Crippen LogP contribution < -0.4 is 11.1 Å². The number of likely N-dealkylation sites (tertiary alicyclic amines) is 1. The van der Waals surface area contributed by atoms with Crippen molar-refractivity contribution in [2.75, 3.05) is 12.3 Å². The Kier molecular flexibility index (Phi) is 5.63. The topological polar surface area (TPSA) is 102 Å². The molecule has 0 bridgehead atoms. The van der Waals surface area contributed by atoms with Gasteiger partial charge >= 0.3 is 6.09 Å². The molecule has 3 amide bonds. The molecule has 1 atom stereocenters. The lowest BCUT2D eigenvalue weighted by atomic mass is 9.97. The molecule has 1 heterocycles. The highest BCUT2D eigenvalue weighted by Crippen LogP contribution is 2.30. The van der Waals surface area contributed by atoms with Gasteiger partial charge in [0.1, 0.15) is 12.1 Å². The van der Waals surface area contributed by atoms with Gasteiger partial charge in [-0.3, -0.25) is 19.8 Å². The van der Waals surface area contributed by atoms with Crippen molar-refractivity contribution in [3.63, 3.8) is 0 Å². The standard InChI is InChI=1S/C21H23N3O4/c1-21(19(26)23-18(25)16-8-10-17(22)11-9-16)12-5-13-24(21)20(27)28-14-15-6-3-2-4-7-15/h2-4,6-11H,5,12-14,22H2,1H3,(H,23,25,26). The van der Waals surface area contributed by atoms with Crippen molar-refractivity contribution >= 4 is 23.6 Å². The Morgan fingerprint density at radius 2 is 1.79 bits per heavy atom. The normalized spacial score (nSPS) is 18.5. The van der Waals surface area contributed by atoms with E-state index in [1.165, 1.54) is 4.90 Å². The highest BCUT2D eigenvalue weighted by Gasteiger charge is 2.47. The quantitative estimate of drug-likeness (QED) is 0.626. The van der Waals surface area contributed by atoms with Crippen LogP contribution in [0.5, 0.6) is 0 Å². The minimum Gasteiger partial charge on any atom is -0.445 e. The summed E-state index contributed by atoms with van der Waals surface area (Å²) in [6.07, 6.45) is 0.535. The third kappa shape index (κ3) is 4.14. The van der Waals surface area contributed by atoms with Crippen molar-refractivity contribution in [1.82, 2.24) is 10.2 Å². The molecule has 7 heteroatoms. The van der Waals surface area contributed by atoms with Crippen LogP contribution in [-0.2, 0) is 16.1 Å². The predicted octanol–water partition coefficient (Wildman–Crippen LogP) is 2.72. The Bertz CT molecular complexity index is 867. The fraction of sp³-hybridized carbons (Fsp3) is 0.286. The van der Waals surface area contributed by atoms with E-state index in [9.17, 15) is 14.4 Å². The lowest BCUT2D eigenvalue weighted by Crippen LogP contribution is -2.56. The second kappa shape index (κ2) is 8.12. The van der Waals surface area contributed by atoms with Crippen LogP contribution in [-0.4, -0.2) is 34.9 Å². The number of imide groups is 1. The Balaban J connectivity index is 1.65. The second-order valence-corrected chi connectivity index (χ2v) is 6.97. The van der Waals surface area contributed by atoms with Gasteiger partial charge in [-0.2, -0.15) is 0 Å². The maximum absolute atomic E-state index is 12.8. The summed E-state index contributed by atoms with van der Waals surface area (Å²) in [5, 5.41) is 2.39. The van der Waals surface area contributed by atoms with E-state index in [0.29, 0.717) is 30.6 Å². The Labute approximate surface area is 163 Å². The summed E-state index contributed by atoms with van der Waals surface area (Å²) in [6, 6.07) is 15.6. The maximum Gasteiger partial charge on any atom is 0.410 e. The molecule has 0 spiro atoms. The summed E-state index contributed by atoms with van der Waals surface area (Å²) < 4.78 is 5.37. The molecule has 3 N–H and O–H groups in total. The number of hydrogen-bond donors (Lipinski definition) is 2. The molecule has 0 radical (unpaired) electrons. The number of hydrogen-bond acceptors (Lipinski definition) is 5. The number of nitrogen functional groups attached to an aromatic ring is 1. The fourth-order valence-electron chi connectivity index (χ4n) is 3.23. The van der Waals surface area contributed by atoms with Crippen molar-refractivity contribution in [1.29, 1.82) is 0 Å². The van der Waals surface area contributed by atoms with Gasteiger partial charge in [-0.15, -0.1) is 0 Å². The van der Waals surface area contributed by atoms with Crippen molar-refractivity contribution in [2.45, 2.75) is 31.9 Å². The van der Waals surface area contributed by atoms with Crippen molar-refractivity contribution in [3.05, 3.63) is 65.7 Å². The highest BCUT2D eigenvalue weighted by molar-refractivity contribution is 6.08. The first kappa shape index (κ1) is 19.4. The number of anilines is 1. The molecule has 146 valence electrons. The lowest BCUT2D eigenvalue weighted by molar-refractivity contribution is -0.129. The van der Waals surface area contributed by atoms with Crippen LogP contribution in [0.4, 0.5) is 10.5 Å². The number of nitrogens with one attached hydrogen (secondary N) is 1. The van der Waals surface area contributed by atoms with E-state index in [-0.39, 0.29) is 6.61 Å². The third-order valence-electron chi connectivity index (χ3n) is 4.96. The third-order valence-corrected chi connectivity index (χ3v) is 4.96. The van der Waals surface area contributed by atoms with E-state index in [1.54, 1.807) is 31.2 Å². The number of nitrogens with two attached hydrogens (primary N) is 1. The van der Waals surface area contributed by atoms with Crippen LogP contribution in [0.15, 0.2) is 54.6 Å². The summed E-state index contributed by atoms with van der Waals surface area (Å²) in [5.41, 5.74) is 6.18. The Hall–Kier alpha value is -3.35. The molecule has 1 aliphatic heterocycles. The minimum absolute atomic E-state index is 0.123. The molecular formula is C21H23N3O4. The molecule has 1 unspecified atom stereocenters. The molecule has 1 saturated heterocycles. The van der Waals surface area contributed by atoms with Crippen LogP contribution in [0.1, 0.15) is 35.7 Å². The summed E-state index contributed by atoms with van der Waals surface area (Å²) in [7, 11) is 0. The number of nitrogens with zero attached hydrogens (tertiary/aromatic N) is 1. The van der Waals surface area contributed by atoms with Crippen molar-refractivity contribution in [3.8, 4) is 0 Å². The number of amides is 3. The van der Waals surface area contributed by atoms with Gasteiger partial charge < -0.3 is 10.5 Å². The fourth-order valence-corrected chi connectivity index (χ4v) is 3.23. The van der Waals surface area contributed by atoms with E-state index in [0.717, 1.165) is 5.56 Å². The Morgan fingerprint density at radius 1 is 1.11 bits per heavy atom. The van der Waals surface area contributed by atoms with Gasteiger partial charge in [-0.1, -0.05) is 30.3 Å². The molecule has 1 aliphatic rings. The van der Waals surface area contributed by atoms with Crippen LogP contribution in [0.2, 0.25) is 0 Å². The summed E-state index contributed by atoms with van der Waals surface area (Å²) in [5.74, 6) is -1.06. The number of carbonyl (C=O) groups excluding carboxylic acids is 3. The zero-order chi connectivity index (χ0) is 20.1. The number of ether oxygens (including phenoxy) is 1. The molecule has 2 aromatic rings. The minimum atomic E-state index is -1.14. The van der Waals surface area contributed by atoms with Crippen LogP contribution in [0.3, 0.4) is 0 Å². The van der Waals surface area contributed by atoms with Gasteiger partial charge in [0.15, 0.2) is 0 Å². The van der Waals surface area contributed by atoms with Gasteiger partial charge in [0.2, 0.25) is 0 Å². The number of carbonyl (C=O) groups is 3. The van der Waals surface area contributed by atoms with Gasteiger partial charge in [0, 0.05) is 17.8 Å². The Morgan fingerprint density at radius 3 is 2.46 bits per heavy atom. The van der Waals surface area contributed by atoms with Gasteiger partial charge in [0.25, 0.3) is 11.8 Å². The summed E-state index contributed by atoms with van der Waals surface area (Å²) in [4.78, 5) is 39.1. The average Bonchev–Trinajstić information content (AvgIpc) is 3.10. The number of benzene rings is 2. The SMILES string of the molecule is CC1(C(=O)NC(=O)c2ccc(N)cc2)CCCN1C(=O)OCc1ccccc1. The predicted molar refractivity (Wildman–Crippen MR) is 104 cm³/mol. The van der Waals surface area contributed by atoms with Crippen LogP contribution >= 0.6 is 0 Å². The molecule has 1 fully saturated rings. The highest BCUT2D eigenvalue weighted by atomic mass is 16.6. The molecular weight excluding hydrogens is 358 g/mol. The first-order chi connectivity index (χ1) is 13.4. The smallest absolute Gasteiger partial charge is 0.410 e. The van der Waals surface area contributed by atoms with E-state index < -0.39 is 23.4 Å². The van der Waals surface area contributed by atoms with Crippen LogP contribution in [0, 0.1) is 0 Å². The molecule has 28 heavy (non-hydrogen) atoms. The van der Waals surface area contributed by atoms with E-state index in [2.05, 4.69) is 5.32 Å². The van der Waals surface area contributed by atoms with Gasteiger partial charge in [0.05, 0.1) is 0 Å². The average molecular weight is 381 g/mol. The van der Waals surface area contributed by atoms with Crippen molar-refractivity contribution < 1.29 is 19.1 Å². The first-order valence-electron chi connectivity index (χ1n) is 9.10. The van der Waals surface area contributed by atoms with Crippen LogP contribution in [0.25, 0.3) is 0 Å². The molecule has 7 nitrogen and oxygen atoms in total. The maximum atomic E-state index is 12.8. The lowest BCUT2D eigenvalue weighted by Gasteiger charge is -2.32. The zero-order valence-corrected chi connectivity index (χ0v) is 15.7. The molecule has 3 rings (SSSR count). The molecule has 0 aromatic heterocycles. The monoisotopic (exact) mass is 381 g/mol.